The molecule has 0 radical (unpaired) electrons. The van der Waals surface area contributed by atoms with Crippen molar-refractivity contribution in [3.8, 4) is 11.5 Å². The van der Waals surface area contributed by atoms with Crippen LogP contribution in [0.4, 0.5) is 13.2 Å². The molecular weight excluding hydrogens is 415 g/mol. The highest BCUT2D eigenvalue weighted by molar-refractivity contribution is 7.89. The summed E-state index contributed by atoms with van der Waals surface area (Å²) >= 11 is 0. The maximum Gasteiger partial charge on any atom is 0.250 e. The second-order valence-corrected chi connectivity index (χ2v) is 9.35. The molecule has 3 aromatic carbocycles. The number of fused-ring (bicyclic) bond motifs is 1. The molecule has 0 aliphatic carbocycles. The summed E-state index contributed by atoms with van der Waals surface area (Å²) in [6.45, 7) is 1.41. The van der Waals surface area contributed by atoms with Crippen LogP contribution in [0.2, 0.25) is 0 Å². The van der Waals surface area contributed by atoms with Crippen LogP contribution in [0.5, 0.6) is 11.5 Å². The fourth-order valence-corrected chi connectivity index (χ4v) is 4.95. The fourth-order valence-electron chi connectivity index (χ4n) is 3.51. The van der Waals surface area contributed by atoms with Gasteiger partial charge in [0.2, 0.25) is 10.0 Å². The lowest BCUT2D eigenvalue weighted by molar-refractivity contribution is -0.0412. The Bertz CT molecular complexity index is 1180. The van der Waals surface area contributed by atoms with Crippen molar-refractivity contribution in [2.75, 3.05) is 13.1 Å². The molecule has 0 amide bonds. The van der Waals surface area contributed by atoms with Gasteiger partial charge < -0.3 is 4.74 Å². The van der Waals surface area contributed by atoms with Crippen LogP contribution in [-0.2, 0) is 10.0 Å². The SMILES string of the molecule is Cc1ccc2ccc(F)cc2c1Oc1ccc(S(=O)(=O)N2CCC(F)(F)CC2)cc1. The first-order chi connectivity index (χ1) is 14.2. The van der Waals surface area contributed by atoms with Gasteiger partial charge in [0.15, 0.2) is 0 Å². The van der Waals surface area contributed by atoms with Crippen LogP contribution in [0, 0.1) is 12.7 Å². The largest absolute Gasteiger partial charge is 0.456 e. The van der Waals surface area contributed by atoms with E-state index in [1.165, 1.54) is 36.4 Å². The molecule has 0 bridgehead atoms. The molecule has 0 unspecified atom stereocenters. The van der Waals surface area contributed by atoms with Crippen molar-refractivity contribution in [1.29, 1.82) is 0 Å². The van der Waals surface area contributed by atoms with Gasteiger partial charge in [-0.3, -0.25) is 0 Å². The van der Waals surface area contributed by atoms with Crippen molar-refractivity contribution in [2.45, 2.75) is 30.6 Å². The fraction of sp³-hybridized carbons (Fsp3) is 0.273. The number of piperidine rings is 1. The number of rotatable bonds is 4. The van der Waals surface area contributed by atoms with E-state index >= 15 is 0 Å². The molecule has 1 heterocycles. The van der Waals surface area contributed by atoms with Crippen molar-refractivity contribution in [3.05, 3.63) is 66.0 Å². The summed E-state index contributed by atoms with van der Waals surface area (Å²) in [5.41, 5.74) is 0.805. The number of alkyl halides is 2. The Morgan fingerprint density at radius 2 is 1.60 bits per heavy atom. The Hall–Kier alpha value is -2.58. The van der Waals surface area contributed by atoms with Crippen molar-refractivity contribution in [3.63, 3.8) is 0 Å². The number of halogens is 3. The monoisotopic (exact) mass is 435 g/mol. The van der Waals surface area contributed by atoms with Gasteiger partial charge in [0.25, 0.3) is 5.92 Å². The van der Waals surface area contributed by atoms with E-state index in [4.69, 9.17) is 4.74 Å². The van der Waals surface area contributed by atoms with Gasteiger partial charge in [-0.1, -0.05) is 18.2 Å². The van der Waals surface area contributed by atoms with E-state index in [1.54, 1.807) is 6.07 Å². The summed E-state index contributed by atoms with van der Waals surface area (Å²) < 4.78 is 72.9. The molecule has 4 rings (SSSR count). The second kappa shape index (κ2) is 7.59. The number of benzene rings is 3. The van der Waals surface area contributed by atoms with Gasteiger partial charge >= 0.3 is 0 Å². The van der Waals surface area contributed by atoms with Gasteiger partial charge in [-0.05, 0) is 54.3 Å². The topological polar surface area (TPSA) is 46.6 Å². The quantitative estimate of drug-likeness (QED) is 0.544. The lowest BCUT2D eigenvalue weighted by atomic mass is 10.1. The summed E-state index contributed by atoms with van der Waals surface area (Å²) in [7, 11) is -3.86. The van der Waals surface area contributed by atoms with Gasteiger partial charge in [-0.2, -0.15) is 4.31 Å². The van der Waals surface area contributed by atoms with Crippen LogP contribution in [0.1, 0.15) is 18.4 Å². The van der Waals surface area contributed by atoms with E-state index in [0.29, 0.717) is 16.9 Å². The number of nitrogens with zero attached hydrogens (tertiary/aromatic N) is 1. The highest BCUT2D eigenvalue weighted by atomic mass is 32.2. The van der Waals surface area contributed by atoms with Gasteiger partial charge in [-0.15, -0.1) is 0 Å². The molecule has 0 aromatic heterocycles. The van der Waals surface area contributed by atoms with E-state index in [2.05, 4.69) is 0 Å². The van der Waals surface area contributed by atoms with Gasteiger partial charge in [0.1, 0.15) is 17.3 Å². The molecule has 0 spiro atoms. The molecule has 1 aliphatic rings. The normalized spacial score (nSPS) is 17.2. The van der Waals surface area contributed by atoms with Crippen LogP contribution < -0.4 is 4.74 Å². The maximum absolute atomic E-state index is 13.7. The number of ether oxygens (including phenoxy) is 1. The lowest BCUT2D eigenvalue weighted by Gasteiger charge is -2.30. The van der Waals surface area contributed by atoms with Crippen molar-refractivity contribution in [1.82, 2.24) is 4.31 Å². The number of sulfonamides is 1. The third kappa shape index (κ3) is 4.02. The minimum atomic E-state index is -3.86. The maximum atomic E-state index is 13.7. The first kappa shape index (κ1) is 20.7. The summed E-state index contributed by atoms with van der Waals surface area (Å²) in [4.78, 5) is 0.0146. The molecule has 30 heavy (non-hydrogen) atoms. The Labute approximate surface area is 172 Å². The molecule has 0 atom stereocenters. The zero-order valence-electron chi connectivity index (χ0n) is 16.2. The van der Waals surface area contributed by atoms with Crippen molar-refractivity contribution >= 4 is 20.8 Å². The van der Waals surface area contributed by atoms with Crippen LogP contribution in [-0.4, -0.2) is 31.7 Å². The van der Waals surface area contributed by atoms with Gasteiger partial charge in [0, 0.05) is 31.3 Å². The smallest absolute Gasteiger partial charge is 0.250 e. The second-order valence-electron chi connectivity index (χ2n) is 7.41. The molecule has 1 saturated heterocycles. The highest BCUT2D eigenvalue weighted by Crippen LogP contribution is 2.35. The Kier molecular flexibility index (Phi) is 5.23. The predicted molar refractivity (Wildman–Crippen MR) is 108 cm³/mol. The minimum absolute atomic E-state index is 0.0146. The average molecular weight is 435 g/mol. The summed E-state index contributed by atoms with van der Waals surface area (Å²) in [6, 6.07) is 13.9. The predicted octanol–water partition coefficient (Wildman–Crippen LogP) is 5.50. The van der Waals surface area contributed by atoms with Crippen LogP contribution in [0.3, 0.4) is 0 Å². The standard InChI is InChI=1S/C22H20F3NO3S/c1-15-2-3-16-4-5-17(23)14-20(16)21(15)29-18-6-8-19(9-7-18)30(27,28)26-12-10-22(24,25)11-13-26/h2-9,14H,10-13H2,1H3. The third-order valence-corrected chi connectivity index (χ3v) is 7.18. The van der Waals surface area contributed by atoms with Gasteiger partial charge in [0.05, 0.1) is 4.90 Å². The first-order valence-electron chi connectivity index (χ1n) is 9.50. The van der Waals surface area contributed by atoms with Crippen molar-refractivity contribution < 1.29 is 26.3 Å². The molecule has 1 aliphatic heterocycles. The third-order valence-electron chi connectivity index (χ3n) is 5.27. The van der Waals surface area contributed by atoms with E-state index in [9.17, 15) is 21.6 Å². The number of hydrogen-bond donors (Lipinski definition) is 0. The first-order valence-corrected chi connectivity index (χ1v) is 10.9. The van der Waals surface area contributed by atoms with Crippen LogP contribution in [0.25, 0.3) is 10.8 Å². The highest BCUT2D eigenvalue weighted by Gasteiger charge is 2.38. The number of aryl methyl sites for hydroxylation is 1. The summed E-state index contributed by atoms with van der Waals surface area (Å²) in [5.74, 6) is -2.33. The molecule has 3 aromatic rings. The van der Waals surface area contributed by atoms with E-state index < -0.39 is 28.8 Å². The summed E-state index contributed by atoms with van der Waals surface area (Å²) in [6.07, 6.45) is -0.964. The Morgan fingerprint density at radius 3 is 2.27 bits per heavy atom. The minimum Gasteiger partial charge on any atom is -0.456 e. The molecule has 158 valence electrons. The summed E-state index contributed by atoms with van der Waals surface area (Å²) in [5, 5.41) is 1.43. The molecule has 4 nitrogen and oxygen atoms in total. The van der Waals surface area contributed by atoms with E-state index in [-0.39, 0.29) is 23.8 Å². The zero-order valence-corrected chi connectivity index (χ0v) is 17.1. The molecule has 8 heteroatoms. The van der Waals surface area contributed by atoms with E-state index in [1.807, 2.05) is 19.1 Å². The Balaban J connectivity index is 1.59. The lowest BCUT2D eigenvalue weighted by Crippen LogP contribution is -2.42. The van der Waals surface area contributed by atoms with E-state index in [0.717, 1.165) is 15.3 Å². The van der Waals surface area contributed by atoms with Crippen LogP contribution >= 0.6 is 0 Å². The average Bonchev–Trinajstić information content (AvgIpc) is 2.70. The van der Waals surface area contributed by atoms with Crippen molar-refractivity contribution in [2.24, 2.45) is 0 Å². The Morgan fingerprint density at radius 1 is 0.967 bits per heavy atom. The number of hydrogen-bond acceptors (Lipinski definition) is 3. The molecule has 0 N–H and O–H groups in total. The molecular formula is C22H20F3NO3S. The molecule has 0 saturated carbocycles. The zero-order chi connectivity index (χ0) is 21.5. The van der Waals surface area contributed by atoms with Gasteiger partial charge in [-0.25, -0.2) is 21.6 Å². The molecule has 1 fully saturated rings. The van der Waals surface area contributed by atoms with Crippen LogP contribution in [0.15, 0.2) is 59.5 Å².